The number of carbonyl (C=O) groups is 4. The molecule has 2 N–H and O–H groups in total. The molecule has 0 aliphatic carbocycles. The summed E-state index contributed by atoms with van der Waals surface area (Å²) in [5.41, 5.74) is 2.51. The number of benzene rings is 2. The van der Waals surface area contributed by atoms with Crippen molar-refractivity contribution in [1.82, 2.24) is 9.88 Å². The molecule has 0 spiro atoms. The molecule has 0 radical (unpaired) electrons. The maximum absolute atomic E-state index is 13.2. The highest BCUT2D eigenvalue weighted by Crippen LogP contribution is 2.28. The molecule has 0 unspecified atom stereocenters. The summed E-state index contributed by atoms with van der Waals surface area (Å²) in [6, 6.07) is 11.8. The van der Waals surface area contributed by atoms with E-state index in [0.29, 0.717) is 22.7 Å². The van der Waals surface area contributed by atoms with Gasteiger partial charge in [0.1, 0.15) is 11.3 Å². The van der Waals surface area contributed by atoms with Crippen molar-refractivity contribution in [3.63, 3.8) is 0 Å². The number of hydrogen-bond donors (Lipinski definition) is 2. The van der Waals surface area contributed by atoms with Crippen molar-refractivity contribution < 1.29 is 29.0 Å². The lowest BCUT2D eigenvalue weighted by molar-refractivity contribution is -0.122. The summed E-state index contributed by atoms with van der Waals surface area (Å²) < 4.78 is 6.89. The molecule has 9 nitrogen and oxygen atoms in total. The summed E-state index contributed by atoms with van der Waals surface area (Å²) >= 11 is 6.00. The van der Waals surface area contributed by atoms with Gasteiger partial charge in [0.25, 0.3) is 11.8 Å². The zero-order valence-corrected chi connectivity index (χ0v) is 19.7. The molecule has 35 heavy (non-hydrogen) atoms. The molecule has 1 aromatic heterocycles. The van der Waals surface area contributed by atoms with Crippen molar-refractivity contribution in [2.24, 2.45) is 0 Å². The first-order valence-corrected chi connectivity index (χ1v) is 10.8. The van der Waals surface area contributed by atoms with Crippen LogP contribution in [0.1, 0.15) is 27.3 Å². The van der Waals surface area contributed by atoms with Gasteiger partial charge in [-0.1, -0.05) is 11.6 Å². The standard InChI is InChI=1S/C25H20ClN3O6/c1-13-10-15(14(2)28(13)17-6-9-21(26)19(12-17)24(32)33)11-20-22(30)27-25(34)29(23(20)31)16-4-7-18(35-3)8-5-16/h4-12H,1-3H3,(H,32,33)(H,27,30,34)/b20-11+. The average molecular weight is 494 g/mol. The summed E-state index contributed by atoms with van der Waals surface area (Å²) in [7, 11) is 1.50. The number of imide groups is 2. The van der Waals surface area contributed by atoms with E-state index < -0.39 is 23.8 Å². The average Bonchev–Trinajstić information content (AvgIpc) is 3.10. The van der Waals surface area contributed by atoms with E-state index in [1.165, 1.54) is 37.5 Å². The number of carboxylic acids is 1. The second kappa shape index (κ2) is 9.11. The normalized spacial score (nSPS) is 14.9. The van der Waals surface area contributed by atoms with Gasteiger partial charge < -0.3 is 14.4 Å². The zero-order chi connectivity index (χ0) is 25.4. The Labute approximate surface area is 205 Å². The topological polar surface area (TPSA) is 118 Å². The van der Waals surface area contributed by atoms with Crippen LogP contribution in [0.2, 0.25) is 5.02 Å². The lowest BCUT2D eigenvalue weighted by Gasteiger charge is -2.26. The van der Waals surface area contributed by atoms with Crippen molar-refractivity contribution in [3.05, 3.63) is 81.6 Å². The first-order valence-electron chi connectivity index (χ1n) is 10.4. The van der Waals surface area contributed by atoms with Gasteiger partial charge in [-0.05, 0) is 74.0 Å². The van der Waals surface area contributed by atoms with E-state index in [-0.39, 0.29) is 21.8 Å². The van der Waals surface area contributed by atoms with E-state index in [9.17, 15) is 24.3 Å². The van der Waals surface area contributed by atoms with Crippen LogP contribution in [0.3, 0.4) is 0 Å². The molecule has 178 valence electrons. The summed E-state index contributed by atoms with van der Waals surface area (Å²) in [6.07, 6.45) is 1.41. The van der Waals surface area contributed by atoms with Gasteiger partial charge in [-0.3, -0.25) is 14.9 Å². The highest BCUT2D eigenvalue weighted by atomic mass is 35.5. The minimum Gasteiger partial charge on any atom is -0.497 e. The quantitative estimate of drug-likeness (QED) is 0.408. The zero-order valence-electron chi connectivity index (χ0n) is 19.0. The molecule has 2 aromatic carbocycles. The third-order valence-corrected chi connectivity index (χ3v) is 5.97. The number of aryl methyl sites for hydroxylation is 1. The molecule has 3 aromatic rings. The van der Waals surface area contributed by atoms with Gasteiger partial charge in [-0.2, -0.15) is 0 Å². The van der Waals surface area contributed by atoms with Crippen molar-refractivity contribution in [2.45, 2.75) is 13.8 Å². The van der Waals surface area contributed by atoms with Crippen LogP contribution in [0.15, 0.2) is 54.1 Å². The molecule has 1 fully saturated rings. The number of aromatic carboxylic acids is 1. The van der Waals surface area contributed by atoms with Crippen LogP contribution in [0, 0.1) is 13.8 Å². The number of barbiturate groups is 1. The molecular weight excluding hydrogens is 474 g/mol. The molecule has 1 saturated heterocycles. The molecule has 2 heterocycles. The van der Waals surface area contributed by atoms with Gasteiger partial charge in [-0.15, -0.1) is 0 Å². The van der Waals surface area contributed by atoms with Crippen LogP contribution in [0.25, 0.3) is 11.8 Å². The number of halogens is 1. The second-order valence-corrected chi connectivity index (χ2v) is 8.19. The fourth-order valence-corrected chi connectivity index (χ4v) is 4.12. The molecule has 4 rings (SSSR count). The number of nitrogens with zero attached hydrogens (tertiary/aromatic N) is 2. The van der Waals surface area contributed by atoms with Gasteiger partial charge in [0.05, 0.1) is 23.4 Å². The summed E-state index contributed by atoms with van der Waals surface area (Å²) in [5, 5.41) is 11.7. The minimum absolute atomic E-state index is 0.0490. The first-order chi connectivity index (χ1) is 16.6. The summed E-state index contributed by atoms with van der Waals surface area (Å²) in [4.78, 5) is 50.6. The van der Waals surface area contributed by atoms with Gasteiger partial charge in [0, 0.05) is 17.1 Å². The van der Waals surface area contributed by atoms with Gasteiger partial charge in [-0.25, -0.2) is 14.5 Å². The van der Waals surface area contributed by atoms with Gasteiger partial charge >= 0.3 is 12.0 Å². The maximum atomic E-state index is 13.2. The Morgan fingerprint density at radius 1 is 1.03 bits per heavy atom. The molecule has 1 aliphatic heterocycles. The van der Waals surface area contributed by atoms with Crippen LogP contribution in [-0.4, -0.2) is 40.6 Å². The van der Waals surface area contributed by atoms with E-state index in [2.05, 4.69) is 5.32 Å². The Bertz CT molecular complexity index is 1420. The molecule has 4 amide bonds. The molecule has 10 heteroatoms. The van der Waals surface area contributed by atoms with E-state index >= 15 is 0 Å². The Hall–Kier alpha value is -4.37. The fraction of sp³-hybridized carbons (Fsp3) is 0.120. The number of rotatable bonds is 5. The third-order valence-electron chi connectivity index (χ3n) is 5.64. The predicted molar refractivity (Wildman–Crippen MR) is 129 cm³/mol. The minimum atomic E-state index is -1.16. The highest BCUT2D eigenvalue weighted by Gasteiger charge is 2.37. The van der Waals surface area contributed by atoms with E-state index in [1.54, 1.807) is 42.7 Å². The monoisotopic (exact) mass is 493 g/mol. The van der Waals surface area contributed by atoms with E-state index in [4.69, 9.17) is 16.3 Å². The molecule has 1 aliphatic rings. The highest BCUT2D eigenvalue weighted by molar-refractivity contribution is 6.39. The Kier molecular flexibility index (Phi) is 6.19. The van der Waals surface area contributed by atoms with Gasteiger partial charge in [0.15, 0.2) is 0 Å². The largest absolute Gasteiger partial charge is 0.497 e. The molecular formula is C25H20ClN3O6. The van der Waals surface area contributed by atoms with Gasteiger partial charge in [0.2, 0.25) is 0 Å². The van der Waals surface area contributed by atoms with Crippen LogP contribution < -0.4 is 15.0 Å². The molecule has 0 atom stereocenters. The number of anilines is 1. The number of nitrogens with one attached hydrogen (secondary N) is 1. The SMILES string of the molecule is COc1ccc(N2C(=O)NC(=O)/C(=C\c3cc(C)n(-c4ccc(Cl)c(C(=O)O)c4)c3C)C2=O)cc1. The van der Waals surface area contributed by atoms with Crippen molar-refractivity contribution >= 4 is 47.2 Å². The number of aromatic nitrogens is 1. The predicted octanol–water partition coefficient (Wildman–Crippen LogP) is 4.12. The van der Waals surface area contributed by atoms with E-state index in [1.807, 2.05) is 0 Å². The van der Waals surface area contributed by atoms with E-state index in [0.717, 1.165) is 10.6 Å². The van der Waals surface area contributed by atoms with Crippen LogP contribution in [0.5, 0.6) is 5.75 Å². The lowest BCUT2D eigenvalue weighted by Crippen LogP contribution is -2.54. The summed E-state index contributed by atoms with van der Waals surface area (Å²) in [6.45, 7) is 3.58. The van der Waals surface area contributed by atoms with Crippen molar-refractivity contribution in [3.8, 4) is 11.4 Å². The fourth-order valence-electron chi connectivity index (χ4n) is 3.93. The second-order valence-electron chi connectivity index (χ2n) is 7.79. The number of urea groups is 1. The molecule has 0 bridgehead atoms. The number of carboxylic acid groups (broad SMARTS) is 1. The molecule has 0 saturated carbocycles. The Morgan fingerprint density at radius 3 is 2.31 bits per heavy atom. The number of carbonyl (C=O) groups excluding carboxylic acids is 3. The van der Waals surface area contributed by atoms with Crippen molar-refractivity contribution in [1.29, 1.82) is 0 Å². The smallest absolute Gasteiger partial charge is 0.337 e. The first kappa shape index (κ1) is 23.8. The number of methoxy groups -OCH3 is 1. The van der Waals surface area contributed by atoms with Crippen LogP contribution in [-0.2, 0) is 9.59 Å². The lowest BCUT2D eigenvalue weighted by atomic mass is 10.1. The number of hydrogen-bond acceptors (Lipinski definition) is 5. The van der Waals surface area contributed by atoms with Crippen molar-refractivity contribution in [2.75, 3.05) is 12.0 Å². The van der Waals surface area contributed by atoms with Crippen LogP contribution >= 0.6 is 11.6 Å². The van der Waals surface area contributed by atoms with Crippen LogP contribution in [0.4, 0.5) is 10.5 Å². The number of amides is 4. The third kappa shape index (κ3) is 4.29. The maximum Gasteiger partial charge on any atom is 0.337 e. The number of ether oxygens (including phenoxy) is 1. The Morgan fingerprint density at radius 2 is 1.69 bits per heavy atom. The Balaban J connectivity index is 1.75. The summed E-state index contributed by atoms with van der Waals surface area (Å²) in [5.74, 6) is -2.19.